The highest BCUT2D eigenvalue weighted by molar-refractivity contribution is 7.89. The number of hydrogen-bond acceptors (Lipinski definition) is 5. The van der Waals surface area contributed by atoms with E-state index >= 15 is 0 Å². The molecule has 0 aliphatic rings. The third-order valence-corrected chi connectivity index (χ3v) is 4.21. The first kappa shape index (κ1) is 13.6. The number of nitrogens with zero attached hydrogens (tertiary/aromatic N) is 3. The van der Waals surface area contributed by atoms with Gasteiger partial charge in [0.15, 0.2) is 5.82 Å². The molecule has 9 heteroatoms. The Morgan fingerprint density at radius 3 is 2.47 bits per heavy atom. The van der Waals surface area contributed by atoms with Gasteiger partial charge in [-0.3, -0.25) is 0 Å². The number of tetrazole rings is 1. The number of aryl methyl sites for hydroxylation is 2. The van der Waals surface area contributed by atoms with E-state index in [-0.39, 0.29) is 17.3 Å². The number of nitrogens with one attached hydrogen (secondary N) is 2. The van der Waals surface area contributed by atoms with E-state index in [2.05, 4.69) is 25.3 Å². The fourth-order valence-corrected chi connectivity index (χ4v) is 3.24. The fraction of sp³-hybridized carbons (Fsp3) is 0.300. The first-order valence-electron chi connectivity index (χ1n) is 5.39. The van der Waals surface area contributed by atoms with Crippen LogP contribution in [0.4, 0.5) is 4.39 Å². The van der Waals surface area contributed by atoms with Crippen molar-refractivity contribution in [2.75, 3.05) is 0 Å². The minimum absolute atomic E-state index is 0.0670. The maximum atomic E-state index is 13.2. The molecule has 1 aromatic heterocycles. The Hall–Kier alpha value is -1.87. The van der Waals surface area contributed by atoms with Crippen LogP contribution >= 0.6 is 0 Å². The number of benzene rings is 1. The Balaban J connectivity index is 2.29. The van der Waals surface area contributed by atoms with Crippen LogP contribution in [0.15, 0.2) is 17.0 Å². The van der Waals surface area contributed by atoms with Gasteiger partial charge in [0, 0.05) is 0 Å². The summed E-state index contributed by atoms with van der Waals surface area (Å²) in [5.41, 5.74) is 0.691. The maximum Gasteiger partial charge on any atom is 0.241 e. The summed E-state index contributed by atoms with van der Waals surface area (Å²) in [4.78, 5) is 0.0670. The second-order valence-electron chi connectivity index (χ2n) is 4.02. The number of sulfonamides is 1. The van der Waals surface area contributed by atoms with Crippen LogP contribution in [0.3, 0.4) is 0 Å². The maximum absolute atomic E-state index is 13.2. The third-order valence-electron chi connectivity index (χ3n) is 2.50. The van der Waals surface area contributed by atoms with Crippen molar-refractivity contribution in [2.24, 2.45) is 0 Å². The van der Waals surface area contributed by atoms with Gasteiger partial charge in [0.25, 0.3) is 0 Å². The van der Waals surface area contributed by atoms with Crippen molar-refractivity contribution >= 4 is 10.0 Å². The molecule has 2 aromatic rings. The van der Waals surface area contributed by atoms with Crippen LogP contribution in [0.25, 0.3) is 0 Å². The number of H-pyrrole nitrogens is 1. The lowest BCUT2D eigenvalue weighted by atomic mass is 10.1. The molecule has 0 saturated heterocycles. The summed E-state index contributed by atoms with van der Waals surface area (Å²) in [5, 5.41) is 12.8. The van der Waals surface area contributed by atoms with Crippen LogP contribution in [0, 0.1) is 19.7 Å². The molecular weight excluding hydrogens is 273 g/mol. The van der Waals surface area contributed by atoms with E-state index in [1.807, 2.05) is 0 Å². The third kappa shape index (κ3) is 2.93. The molecule has 0 bridgehead atoms. The van der Waals surface area contributed by atoms with Gasteiger partial charge in [0.1, 0.15) is 5.82 Å². The number of rotatable bonds is 4. The van der Waals surface area contributed by atoms with E-state index in [4.69, 9.17) is 0 Å². The smallest absolute Gasteiger partial charge is 0.207 e. The normalized spacial score (nSPS) is 11.7. The average molecular weight is 285 g/mol. The molecule has 0 spiro atoms. The highest BCUT2D eigenvalue weighted by Gasteiger charge is 2.20. The molecule has 0 fully saturated rings. The first-order chi connectivity index (χ1) is 8.90. The van der Waals surface area contributed by atoms with E-state index in [1.165, 1.54) is 12.1 Å². The van der Waals surface area contributed by atoms with Crippen molar-refractivity contribution in [3.63, 3.8) is 0 Å². The van der Waals surface area contributed by atoms with Crippen LogP contribution in [0.2, 0.25) is 0 Å². The summed E-state index contributed by atoms with van der Waals surface area (Å²) in [5.74, 6) is -0.242. The van der Waals surface area contributed by atoms with Crippen LogP contribution < -0.4 is 4.72 Å². The van der Waals surface area contributed by atoms with Gasteiger partial charge in [0.2, 0.25) is 10.0 Å². The summed E-state index contributed by atoms with van der Waals surface area (Å²) in [6.07, 6.45) is 0. The number of hydrogen-bond donors (Lipinski definition) is 2. The molecule has 102 valence electrons. The minimum Gasteiger partial charge on any atom is -0.207 e. The minimum atomic E-state index is -3.75. The van der Waals surface area contributed by atoms with Crippen LogP contribution in [-0.2, 0) is 16.6 Å². The standard InChI is InChI=1S/C10H12FN5O2S/c1-6-3-8(11)4-7(2)10(6)19(17,18)12-5-9-13-15-16-14-9/h3-4,12H,5H2,1-2H3,(H,13,14,15,16). The van der Waals surface area contributed by atoms with Gasteiger partial charge >= 0.3 is 0 Å². The lowest BCUT2D eigenvalue weighted by Gasteiger charge is -2.11. The zero-order chi connectivity index (χ0) is 14.0. The topological polar surface area (TPSA) is 101 Å². The molecule has 0 aliphatic heterocycles. The Bertz CT molecular complexity index is 661. The molecule has 2 N–H and O–H groups in total. The van der Waals surface area contributed by atoms with Crippen LogP contribution in [0.5, 0.6) is 0 Å². The molecule has 0 saturated carbocycles. The predicted octanol–water partition coefficient (Wildman–Crippen LogP) is 0.434. The fourth-order valence-electron chi connectivity index (χ4n) is 1.81. The van der Waals surface area contributed by atoms with Gasteiger partial charge < -0.3 is 0 Å². The Kier molecular flexibility index (Phi) is 3.58. The summed E-state index contributed by atoms with van der Waals surface area (Å²) in [6.45, 7) is 2.99. The van der Waals surface area contributed by atoms with E-state index in [1.54, 1.807) is 13.8 Å². The van der Waals surface area contributed by atoms with E-state index in [9.17, 15) is 12.8 Å². The number of aromatic nitrogens is 4. The van der Waals surface area contributed by atoms with Crippen molar-refractivity contribution in [3.05, 3.63) is 34.9 Å². The molecule has 7 nitrogen and oxygen atoms in total. The van der Waals surface area contributed by atoms with Crippen molar-refractivity contribution in [1.82, 2.24) is 25.3 Å². The molecule has 0 amide bonds. The van der Waals surface area contributed by atoms with Crippen molar-refractivity contribution < 1.29 is 12.8 Å². The zero-order valence-corrected chi connectivity index (χ0v) is 11.1. The SMILES string of the molecule is Cc1cc(F)cc(C)c1S(=O)(=O)NCc1nn[nH]n1. The lowest BCUT2D eigenvalue weighted by Crippen LogP contribution is -2.25. The van der Waals surface area contributed by atoms with E-state index in [0.29, 0.717) is 11.1 Å². The van der Waals surface area contributed by atoms with Gasteiger partial charge in [-0.2, -0.15) is 5.21 Å². The monoisotopic (exact) mass is 285 g/mol. The van der Waals surface area contributed by atoms with Crippen LogP contribution in [-0.4, -0.2) is 29.0 Å². The molecule has 0 aliphatic carbocycles. The Morgan fingerprint density at radius 2 is 1.95 bits per heavy atom. The van der Waals surface area contributed by atoms with Crippen LogP contribution in [0.1, 0.15) is 17.0 Å². The molecule has 0 unspecified atom stereocenters. The Morgan fingerprint density at radius 1 is 1.32 bits per heavy atom. The lowest BCUT2D eigenvalue weighted by molar-refractivity contribution is 0.576. The van der Waals surface area contributed by atoms with Gasteiger partial charge in [-0.15, -0.1) is 10.2 Å². The largest absolute Gasteiger partial charge is 0.241 e. The average Bonchev–Trinajstić information content (AvgIpc) is 2.77. The van der Waals surface area contributed by atoms with Gasteiger partial charge in [-0.25, -0.2) is 17.5 Å². The van der Waals surface area contributed by atoms with Crippen molar-refractivity contribution in [1.29, 1.82) is 0 Å². The molecule has 19 heavy (non-hydrogen) atoms. The molecular formula is C10H12FN5O2S. The first-order valence-corrected chi connectivity index (χ1v) is 6.87. The van der Waals surface area contributed by atoms with Gasteiger partial charge in [-0.05, 0) is 37.1 Å². The van der Waals surface area contributed by atoms with Crippen molar-refractivity contribution in [3.8, 4) is 0 Å². The summed E-state index contributed by atoms with van der Waals surface area (Å²) in [7, 11) is -3.75. The van der Waals surface area contributed by atoms with E-state index < -0.39 is 15.8 Å². The second kappa shape index (κ2) is 5.02. The van der Waals surface area contributed by atoms with E-state index in [0.717, 1.165) is 0 Å². The summed E-state index contributed by atoms with van der Waals surface area (Å²) in [6, 6.07) is 2.35. The molecule has 1 heterocycles. The summed E-state index contributed by atoms with van der Waals surface area (Å²) >= 11 is 0. The predicted molar refractivity (Wildman–Crippen MR) is 64.1 cm³/mol. The van der Waals surface area contributed by atoms with Gasteiger partial charge in [0.05, 0.1) is 11.4 Å². The zero-order valence-electron chi connectivity index (χ0n) is 10.3. The van der Waals surface area contributed by atoms with Gasteiger partial charge in [-0.1, -0.05) is 5.21 Å². The molecule has 2 rings (SSSR count). The number of halogens is 1. The molecule has 0 radical (unpaired) electrons. The summed E-state index contributed by atoms with van der Waals surface area (Å²) < 4.78 is 39.8. The molecule has 0 atom stereocenters. The quantitative estimate of drug-likeness (QED) is 0.848. The number of aromatic amines is 1. The highest BCUT2D eigenvalue weighted by atomic mass is 32.2. The highest BCUT2D eigenvalue weighted by Crippen LogP contribution is 2.21. The van der Waals surface area contributed by atoms with Crippen molar-refractivity contribution in [2.45, 2.75) is 25.3 Å². The second-order valence-corrected chi connectivity index (χ2v) is 5.73. The Labute approximate surface area is 109 Å². The molecule has 1 aromatic carbocycles.